The maximum atomic E-state index is 5.77. The van der Waals surface area contributed by atoms with Crippen LogP contribution in [0.5, 0.6) is 5.75 Å². The van der Waals surface area contributed by atoms with Crippen LogP contribution >= 0.6 is 15.9 Å². The molecule has 0 aromatic heterocycles. The van der Waals surface area contributed by atoms with Gasteiger partial charge in [-0.1, -0.05) is 46.3 Å². The highest BCUT2D eigenvalue weighted by Crippen LogP contribution is 2.31. The molecule has 0 aliphatic heterocycles. The quantitative estimate of drug-likeness (QED) is 0.647. The molecule has 0 fully saturated rings. The molecule has 0 radical (unpaired) electrons. The predicted octanol–water partition coefficient (Wildman–Crippen LogP) is 3.71. The van der Waals surface area contributed by atoms with Gasteiger partial charge in [-0.25, -0.2) is 5.43 Å². The second-order valence-corrected chi connectivity index (χ2v) is 5.43. The van der Waals surface area contributed by atoms with Gasteiger partial charge >= 0.3 is 0 Å². The summed E-state index contributed by atoms with van der Waals surface area (Å²) in [5.74, 6) is 6.63. The lowest BCUT2D eigenvalue weighted by Crippen LogP contribution is -2.29. The zero-order valence-electron chi connectivity index (χ0n) is 11.7. The zero-order valence-corrected chi connectivity index (χ0v) is 13.3. The summed E-state index contributed by atoms with van der Waals surface area (Å²) >= 11 is 3.57. The van der Waals surface area contributed by atoms with Gasteiger partial charge in [-0.3, -0.25) is 5.84 Å². The molecule has 0 heterocycles. The first kappa shape index (κ1) is 15.0. The summed E-state index contributed by atoms with van der Waals surface area (Å²) in [6.07, 6.45) is 0. The number of hydrogen-bond acceptors (Lipinski definition) is 3. The Morgan fingerprint density at radius 2 is 2.00 bits per heavy atom. The SMILES string of the molecule is CCOc1ccccc1C(NN)c1ccc(C)c(Br)c1. The van der Waals surface area contributed by atoms with E-state index in [2.05, 4.69) is 46.5 Å². The molecular weight excluding hydrogens is 316 g/mol. The second kappa shape index (κ2) is 6.88. The molecule has 20 heavy (non-hydrogen) atoms. The van der Waals surface area contributed by atoms with E-state index in [0.717, 1.165) is 21.3 Å². The molecule has 0 saturated heterocycles. The molecule has 1 unspecified atom stereocenters. The van der Waals surface area contributed by atoms with Crippen molar-refractivity contribution in [2.75, 3.05) is 6.61 Å². The van der Waals surface area contributed by atoms with Crippen molar-refractivity contribution in [3.8, 4) is 5.75 Å². The lowest BCUT2D eigenvalue weighted by Gasteiger charge is -2.20. The Labute approximate surface area is 128 Å². The van der Waals surface area contributed by atoms with Crippen molar-refractivity contribution in [3.63, 3.8) is 0 Å². The number of nitrogens with two attached hydrogens (primary N) is 1. The molecule has 0 saturated carbocycles. The van der Waals surface area contributed by atoms with Crippen LogP contribution in [0.3, 0.4) is 0 Å². The number of hydrazine groups is 1. The van der Waals surface area contributed by atoms with Crippen LogP contribution in [0.2, 0.25) is 0 Å². The van der Waals surface area contributed by atoms with E-state index in [4.69, 9.17) is 10.6 Å². The van der Waals surface area contributed by atoms with Crippen LogP contribution in [0, 0.1) is 6.92 Å². The Balaban J connectivity index is 2.44. The highest BCUT2D eigenvalue weighted by molar-refractivity contribution is 9.10. The summed E-state index contributed by atoms with van der Waals surface area (Å²) in [6.45, 7) is 4.67. The van der Waals surface area contributed by atoms with Gasteiger partial charge in [0.1, 0.15) is 5.75 Å². The third kappa shape index (κ3) is 3.20. The fourth-order valence-electron chi connectivity index (χ4n) is 2.16. The van der Waals surface area contributed by atoms with Crippen molar-refractivity contribution < 1.29 is 4.74 Å². The van der Waals surface area contributed by atoms with Crippen LogP contribution in [0.4, 0.5) is 0 Å². The van der Waals surface area contributed by atoms with E-state index in [9.17, 15) is 0 Å². The molecule has 2 aromatic rings. The Hall–Kier alpha value is -1.36. The lowest BCUT2D eigenvalue weighted by atomic mass is 9.97. The van der Waals surface area contributed by atoms with Crippen LogP contribution in [-0.4, -0.2) is 6.61 Å². The van der Waals surface area contributed by atoms with Gasteiger partial charge in [0, 0.05) is 10.0 Å². The molecule has 2 aromatic carbocycles. The highest BCUT2D eigenvalue weighted by atomic mass is 79.9. The number of ether oxygens (including phenoxy) is 1. The molecule has 0 spiro atoms. The molecule has 1 atom stereocenters. The average molecular weight is 335 g/mol. The molecule has 0 aliphatic rings. The summed E-state index contributed by atoms with van der Waals surface area (Å²) in [5, 5.41) is 0. The third-order valence-electron chi connectivity index (χ3n) is 3.23. The van der Waals surface area contributed by atoms with Crippen molar-refractivity contribution in [3.05, 3.63) is 63.6 Å². The first-order chi connectivity index (χ1) is 9.67. The predicted molar refractivity (Wildman–Crippen MR) is 85.7 cm³/mol. The van der Waals surface area contributed by atoms with Crippen molar-refractivity contribution in [1.82, 2.24) is 5.43 Å². The largest absolute Gasteiger partial charge is 0.494 e. The van der Waals surface area contributed by atoms with Crippen molar-refractivity contribution in [1.29, 1.82) is 0 Å². The molecular formula is C16H19BrN2O. The van der Waals surface area contributed by atoms with Crippen molar-refractivity contribution >= 4 is 15.9 Å². The van der Waals surface area contributed by atoms with Gasteiger partial charge in [0.15, 0.2) is 0 Å². The van der Waals surface area contributed by atoms with Gasteiger partial charge in [-0.2, -0.15) is 0 Å². The monoisotopic (exact) mass is 334 g/mol. The minimum absolute atomic E-state index is 0.102. The van der Waals surface area contributed by atoms with E-state index >= 15 is 0 Å². The summed E-state index contributed by atoms with van der Waals surface area (Å²) in [5.41, 5.74) is 6.21. The van der Waals surface area contributed by atoms with Crippen LogP contribution in [0.15, 0.2) is 46.9 Å². The van der Waals surface area contributed by atoms with E-state index in [1.165, 1.54) is 5.56 Å². The Morgan fingerprint density at radius 3 is 2.65 bits per heavy atom. The molecule has 3 nitrogen and oxygen atoms in total. The Morgan fingerprint density at radius 1 is 1.25 bits per heavy atom. The van der Waals surface area contributed by atoms with Crippen LogP contribution in [-0.2, 0) is 0 Å². The smallest absolute Gasteiger partial charge is 0.124 e. The van der Waals surface area contributed by atoms with Crippen molar-refractivity contribution in [2.45, 2.75) is 19.9 Å². The molecule has 0 amide bonds. The van der Waals surface area contributed by atoms with Gasteiger partial charge in [0.25, 0.3) is 0 Å². The van der Waals surface area contributed by atoms with E-state index < -0.39 is 0 Å². The van der Waals surface area contributed by atoms with Gasteiger partial charge < -0.3 is 4.74 Å². The number of benzene rings is 2. The first-order valence-electron chi connectivity index (χ1n) is 6.61. The van der Waals surface area contributed by atoms with Gasteiger partial charge in [0.2, 0.25) is 0 Å². The topological polar surface area (TPSA) is 47.3 Å². The average Bonchev–Trinajstić information content (AvgIpc) is 2.45. The minimum atomic E-state index is -0.102. The van der Waals surface area contributed by atoms with E-state index in [1.807, 2.05) is 31.2 Å². The highest BCUT2D eigenvalue weighted by Gasteiger charge is 2.17. The number of halogens is 1. The molecule has 3 N–H and O–H groups in total. The number of hydrogen-bond donors (Lipinski definition) is 2. The Bertz CT molecular complexity index is 586. The van der Waals surface area contributed by atoms with Gasteiger partial charge in [-0.15, -0.1) is 0 Å². The summed E-state index contributed by atoms with van der Waals surface area (Å²) in [4.78, 5) is 0. The van der Waals surface area contributed by atoms with Crippen LogP contribution in [0.1, 0.15) is 29.7 Å². The van der Waals surface area contributed by atoms with Gasteiger partial charge in [0.05, 0.1) is 12.6 Å². The number of rotatable bonds is 5. The standard InChI is InChI=1S/C16H19BrN2O/c1-3-20-15-7-5-4-6-13(15)16(19-18)12-9-8-11(2)14(17)10-12/h4-10,16,19H,3,18H2,1-2H3. The van der Waals surface area contributed by atoms with E-state index in [0.29, 0.717) is 6.61 Å². The maximum Gasteiger partial charge on any atom is 0.124 e. The van der Waals surface area contributed by atoms with Crippen LogP contribution < -0.4 is 16.0 Å². The second-order valence-electron chi connectivity index (χ2n) is 4.58. The van der Waals surface area contributed by atoms with Gasteiger partial charge in [-0.05, 0) is 37.1 Å². The maximum absolute atomic E-state index is 5.77. The molecule has 4 heteroatoms. The van der Waals surface area contributed by atoms with E-state index in [-0.39, 0.29) is 6.04 Å². The number of aryl methyl sites for hydroxylation is 1. The molecule has 2 rings (SSSR count). The summed E-state index contributed by atoms with van der Waals surface area (Å²) in [7, 11) is 0. The molecule has 0 bridgehead atoms. The minimum Gasteiger partial charge on any atom is -0.494 e. The first-order valence-corrected chi connectivity index (χ1v) is 7.40. The normalized spacial score (nSPS) is 12.2. The van der Waals surface area contributed by atoms with Crippen LogP contribution in [0.25, 0.3) is 0 Å². The number of para-hydroxylation sites is 1. The number of nitrogens with one attached hydrogen (secondary N) is 1. The summed E-state index contributed by atoms with van der Waals surface area (Å²) in [6, 6.07) is 14.1. The zero-order chi connectivity index (χ0) is 14.5. The lowest BCUT2D eigenvalue weighted by molar-refractivity contribution is 0.333. The summed E-state index contributed by atoms with van der Waals surface area (Å²) < 4.78 is 6.76. The Kier molecular flexibility index (Phi) is 5.17. The third-order valence-corrected chi connectivity index (χ3v) is 4.08. The fourth-order valence-corrected chi connectivity index (χ4v) is 2.56. The molecule has 0 aliphatic carbocycles. The van der Waals surface area contributed by atoms with E-state index in [1.54, 1.807) is 0 Å². The fraction of sp³-hybridized carbons (Fsp3) is 0.250. The molecule has 106 valence electrons. The van der Waals surface area contributed by atoms with Crippen molar-refractivity contribution in [2.24, 2.45) is 5.84 Å².